The molecule has 0 heterocycles. The predicted octanol–water partition coefficient (Wildman–Crippen LogP) is 0.856. The normalized spacial score (nSPS) is 6.14. The van der Waals surface area contributed by atoms with E-state index in [1.165, 1.54) is 0 Å². The molecule has 0 atom stereocenters. The molecule has 0 bridgehead atoms. The van der Waals surface area contributed by atoms with Gasteiger partial charge in [-0.05, 0) is 6.26 Å². The molecule has 7 heavy (non-hydrogen) atoms. The van der Waals surface area contributed by atoms with Gasteiger partial charge in [-0.1, -0.05) is 0 Å². The minimum absolute atomic E-state index is 0.306. The Morgan fingerprint density at radius 1 is 1.86 bits per heavy atom. The molecule has 0 aliphatic heterocycles. The Morgan fingerprint density at radius 2 is 2.00 bits per heavy atom. The lowest BCUT2D eigenvalue weighted by Crippen LogP contribution is -1.92. The van der Waals surface area contributed by atoms with Crippen molar-refractivity contribution in [1.82, 2.24) is 0 Å². The first-order valence-electron chi connectivity index (χ1n) is 1.50. The monoisotopic (exact) mass is 142 g/mol. The van der Waals surface area contributed by atoms with E-state index in [2.05, 4.69) is 12.6 Å². The van der Waals surface area contributed by atoms with E-state index in [4.69, 9.17) is 16.7 Å². The highest BCUT2D eigenvalue weighted by atomic mass is 35.5. The Morgan fingerprint density at radius 3 is 2.00 bits per heavy atom. The van der Waals surface area contributed by atoms with Crippen LogP contribution in [0.15, 0.2) is 0 Å². The number of rotatable bonds is 1. The van der Waals surface area contributed by atoms with Gasteiger partial charge in [-0.3, -0.25) is 4.79 Å². The smallest absolute Gasteiger partial charge is 0.318 e. The zero-order valence-corrected chi connectivity index (χ0v) is 5.54. The van der Waals surface area contributed by atoms with E-state index in [9.17, 15) is 4.79 Å². The number of hydrogen-bond donors (Lipinski definition) is 2. The molecule has 0 rings (SSSR count). The third kappa shape index (κ3) is 23.2. The van der Waals surface area contributed by atoms with Crippen LogP contribution < -0.4 is 0 Å². The summed E-state index contributed by atoms with van der Waals surface area (Å²) in [5.74, 6) is -1.29. The molecule has 0 aromatic rings. The summed E-state index contributed by atoms with van der Waals surface area (Å²) in [4.78, 5) is 9.24. The minimum Gasteiger partial charge on any atom is -0.480 e. The highest BCUT2D eigenvalue weighted by Crippen LogP contribution is 1.67. The average Bonchev–Trinajstić information content (AvgIpc) is 1.73. The number of aliphatic carboxylic acids is 1. The minimum atomic E-state index is -0.980. The molecule has 0 aliphatic carbocycles. The van der Waals surface area contributed by atoms with Crippen LogP contribution >= 0.6 is 24.2 Å². The van der Waals surface area contributed by atoms with Crippen molar-refractivity contribution in [3.8, 4) is 0 Å². The highest BCUT2D eigenvalue weighted by molar-refractivity contribution is 7.79. The molecular weight excluding hydrogens is 136 g/mol. The largest absolute Gasteiger partial charge is 0.480 e. The summed E-state index contributed by atoms with van der Waals surface area (Å²) in [5.41, 5.74) is 0. The first-order chi connectivity index (χ1) is 3.27. The van der Waals surface area contributed by atoms with Gasteiger partial charge in [-0.25, -0.2) is 0 Å². The van der Waals surface area contributed by atoms with Crippen LogP contribution in [0.3, 0.4) is 0 Å². The SMILES string of the molecule is CS.O=C(O)CCl. The molecule has 0 saturated heterocycles. The van der Waals surface area contributed by atoms with Crippen molar-refractivity contribution in [3.05, 3.63) is 0 Å². The van der Waals surface area contributed by atoms with Gasteiger partial charge in [0.25, 0.3) is 0 Å². The van der Waals surface area contributed by atoms with Gasteiger partial charge < -0.3 is 5.11 Å². The topological polar surface area (TPSA) is 37.3 Å². The van der Waals surface area contributed by atoms with Crippen molar-refractivity contribution in [2.45, 2.75) is 0 Å². The Bertz CT molecular complexity index is 48.2. The van der Waals surface area contributed by atoms with E-state index in [-0.39, 0.29) is 5.88 Å². The summed E-state index contributed by atoms with van der Waals surface area (Å²) in [7, 11) is 0. The summed E-state index contributed by atoms with van der Waals surface area (Å²) in [5, 5.41) is 7.59. The van der Waals surface area contributed by atoms with Gasteiger partial charge in [0.05, 0.1) is 0 Å². The fourth-order valence-corrected chi connectivity index (χ4v) is 0. The molecule has 44 valence electrons. The number of carbonyl (C=O) groups is 1. The molecule has 0 fully saturated rings. The van der Waals surface area contributed by atoms with E-state index in [1.54, 1.807) is 6.26 Å². The lowest BCUT2D eigenvalue weighted by Gasteiger charge is -1.69. The number of carboxylic acids is 1. The summed E-state index contributed by atoms with van der Waals surface area (Å²) in [6, 6.07) is 0. The van der Waals surface area contributed by atoms with E-state index >= 15 is 0 Å². The van der Waals surface area contributed by atoms with E-state index in [0.29, 0.717) is 0 Å². The summed E-state index contributed by atoms with van der Waals surface area (Å²) in [6.07, 6.45) is 1.69. The predicted molar refractivity (Wildman–Crippen MR) is 33.3 cm³/mol. The Labute approximate surface area is 52.9 Å². The van der Waals surface area contributed by atoms with Gasteiger partial charge in [0.1, 0.15) is 5.88 Å². The van der Waals surface area contributed by atoms with Gasteiger partial charge in [-0.2, -0.15) is 12.6 Å². The molecule has 4 heteroatoms. The summed E-state index contributed by atoms with van der Waals surface area (Å²) >= 11 is 8.26. The fourth-order valence-electron chi connectivity index (χ4n) is 0. The van der Waals surface area contributed by atoms with Gasteiger partial charge in [0.2, 0.25) is 0 Å². The Balaban J connectivity index is 0. The van der Waals surface area contributed by atoms with Crippen LogP contribution in [0.1, 0.15) is 0 Å². The molecule has 0 radical (unpaired) electrons. The molecule has 0 amide bonds. The number of hydrogen-bond acceptors (Lipinski definition) is 2. The average molecular weight is 143 g/mol. The standard InChI is InChI=1S/C2H3ClO2.CH4S/c3-1-2(4)5;1-2/h1H2,(H,4,5);2H,1H3. The molecule has 0 spiro atoms. The van der Waals surface area contributed by atoms with Crippen LogP contribution in [-0.4, -0.2) is 23.2 Å². The fraction of sp³-hybridized carbons (Fsp3) is 0.667. The highest BCUT2D eigenvalue weighted by Gasteiger charge is 1.83. The molecule has 0 saturated carbocycles. The van der Waals surface area contributed by atoms with E-state index in [0.717, 1.165) is 0 Å². The zero-order valence-electron chi connectivity index (χ0n) is 3.89. The molecular formula is C3H7ClO2S. The Kier molecular flexibility index (Phi) is 13.7. The van der Waals surface area contributed by atoms with E-state index in [1.807, 2.05) is 0 Å². The maximum Gasteiger partial charge on any atom is 0.318 e. The van der Waals surface area contributed by atoms with Crippen LogP contribution in [0, 0.1) is 0 Å². The second kappa shape index (κ2) is 9.44. The molecule has 1 N–H and O–H groups in total. The second-order valence-electron chi connectivity index (χ2n) is 0.527. The van der Waals surface area contributed by atoms with Gasteiger partial charge in [0.15, 0.2) is 0 Å². The number of alkyl halides is 1. The third-order valence-corrected chi connectivity index (χ3v) is 0.343. The zero-order chi connectivity index (χ0) is 6.28. The summed E-state index contributed by atoms with van der Waals surface area (Å²) in [6.45, 7) is 0. The molecule has 0 unspecified atom stereocenters. The lowest BCUT2D eigenvalue weighted by molar-refractivity contribution is -0.134. The van der Waals surface area contributed by atoms with Crippen LogP contribution in [0.25, 0.3) is 0 Å². The second-order valence-corrected chi connectivity index (χ2v) is 0.795. The molecule has 0 aliphatic rings. The van der Waals surface area contributed by atoms with Crippen molar-refractivity contribution in [3.63, 3.8) is 0 Å². The molecule has 0 aromatic heterocycles. The maximum absolute atomic E-state index is 9.24. The van der Waals surface area contributed by atoms with Gasteiger partial charge >= 0.3 is 5.97 Å². The van der Waals surface area contributed by atoms with Crippen molar-refractivity contribution in [2.24, 2.45) is 0 Å². The number of carboxylic acid groups (broad SMARTS) is 1. The van der Waals surface area contributed by atoms with Gasteiger partial charge in [-0.15, -0.1) is 11.6 Å². The lowest BCUT2D eigenvalue weighted by atomic mass is 10.8. The van der Waals surface area contributed by atoms with Crippen LogP contribution in [0.5, 0.6) is 0 Å². The maximum atomic E-state index is 9.24. The third-order valence-electron chi connectivity index (χ3n) is 0.114. The van der Waals surface area contributed by atoms with Crippen molar-refractivity contribution >= 4 is 30.2 Å². The first kappa shape index (κ1) is 10.2. The van der Waals surface area contributed by atoms with E-state index < -0.39 is 5.97 Å². The van der Waals surface area contributed by atoms with Gasteiger partial charge in [0, 0.05) is 0 Å². The van der Waals surface area contributed by atoms with Crippen LogP contribution in [0.4, 0.5) is 0 Å². The Hall–Kier alpha value is 0.110. The summed E-state index contributed by atoms with van der Waals surface area (Å²) < 4.78 is 0. The number of thiol groups is 1. The molecule has 2 nitrogen and oxygen atoms in total. The van der Waals surface area contributed by atoms with Crippen LogP contribution in [-0.2, 0) is 4.79 Å². The quantitative estimate of drug-likeness (QED) is 0.421. The van der Waals surface area contributed by atoms with Crippen molar-refractivity contribution in [1.29, 1.82) is 0 Å². The molecule has 0 aromatic carbocycles. The first-order valence-corrected chi connectivity index (χ1v) is 2.92. The number of halogens is 1. The van der Waals surface area contributed by atoms with Crippen LogP contribution in [0.2, 0.25) is 0 Å². The van der Waals surface area contributed by atoms with Crippen molar-refractivity contribution in [2.75, 3.05) is 12.1 Å². The van der Waals surface area contributed by atoms with Crippen molar-refractivity contribution < 1.29 is 9.90 Å².